The van der Waals surface area contributed by atoms with Crippen LogP contribution in [0.15, 0.2) is 76.5 Å². The molecule has 0 aromatic heterocycles. The third-order valence-electron chi connectivity index (χ3n) is 5.18. The van der Waals surface area contributed by atoms with E-state index in [9.17, 15) is 22.1 Å². The van der Waals surface area contributed by atoms with Crippen LogP contribution in [-0.4, -0.2) is 51.6 Å². The molecule has 4 rings (SSSR count). The van der Waals surface area contributed by atoms with E-state index in [1.165, 1.54) is 20.7 Å². The van der Waals surface area contributed by atoms with Crippen LogP contribution in [-0.2, 0) is 20.0 Å². The lowest BCUT2D eigenvalue weighted by Gasteiger charge is -2.33. The Morgan fingerprint density at radius 3 is 1.93 bits per heavy atom. The molecule has 1 heterocycles. The highest BCUT2D eigenvalue weighted by Crippen LogP contribution is 2.25. The van der Waals surface area contributed by atoms with E-state index in [-0.39, 0.29) is 41.5 Å². The van der Waals surface area contributed by atoms with Crippen molar-refractivity contribution in [2.45, 2.75) is 9.79 Å². The van der Waals surface area contributed by atoms with Crippen LogP contribution in [0.1, 0.15) is 5.56 Å². The highest BCUT2D eigenvalue weighted by Gasteiger charge is 2.34. The standard InChI is InChI=1S/C21H19N3O4S2/c22-16-19-7-3-4-8-21(19)30(27,28)24-13-11-23(12-14-24)29(25,26)20-10-9-17-5-1-2-6-18(17)15-20/h1-10,15H,11-14H2. The minimum absolute atomic E-state index is 0.0227. The quantitative estimate of drug-likeness (QED) is 0.619. The second kappa shape index (κ2) is 7.81. The predicted octanol–water partition coefficient (Wildman–Crippen LogP) is 2.41. The summed E-state index contributed by atoms with van der Waals surface area (Å²) in [7, 11) is -7.62. The summed E-state index contributed by atoms with van der Waals surface area (Å²) in [5.41, 5.74) is 0.0729. The highest BCUT2D eigenvalue weighted by atomic mass is 32.2. The number of rotatable bonds is 4. The molecule has 0 saturated carbocycles. The van der Waals surface area contributed by atoms with Gasteiger partial charge in [0.2, 0.25) is 20.0 Å². The van der Waals surface area contributed by atoms with Crippen molar-refractivity contribution in [2.24, 2.45) is 0 Å². The maximum atomic E-state index is 13.1. The molecule has 0 atom stereocenters. The van der Waals surface area contributed by atoms with Crippen molar-refractivity contribution in [1.29, 1.82) is 5.26 Å². The van der Waals surface area contributed by atoms with E-state index in [0.29, 0.717) is 0 Å². The fraction of sp³-hybridized carbons (Fsp3) is 0.190. The molecule has 0 amide bonds. The van der Waals surface area contributed by atoms with Gasteiger partial charge >= 0.3 is 0 Å². The van der Waals surface area contributed by atoms with E-state index in [1.54, 1.807) is 30.3 Å². The van der Waals surface area contributed by atoms with Crippen molar-refractivity contribution >= 4 is 30.8 Å². The minimum atomic E-state index is -3.88. The summed E-state index contributed by atoms with van der Waals surface area (Å²) in [5, 5.41) is 11.0. The van der Waals surface area contributed by atoms with E-state index in [1.807, 2.05) is 30.3 Å². The molecule has 1 aliphatic heterocycles. The Labute approximate surface area is 175 Å². The molecular weight excluding hydrogens is 422 g/mol. The molecule has 1 aliphatic rings. The van der Waals surface area contributed by atoms with Gasteiger partial charge in [0, 0.05) is 26.2 Å². The lowest BCUT2D eigenvalue weighted by molar-refractivity contribution is 0.273. The molecule has 0 bridgehead atoms. The van der Waals surface area contributed by atoms with Crippen molar-refractivity contribution in [1.82, 2.24) is 8.61 Å². The summed E-state index contributed by atoms with van der Waals surface area (Å²) < 4.78 is 54.6. The number of nitriles is 1. The predicted molar refractivity (Wildman–Crippen MR) is 113 cm³/mol. The van der Waals surface area contributed by atoms with E-state index in [2.05, 4.69) is 0 Å². The van der Waals surface area contributed by atoms with E-state index in [4.69, 9.17) is 0 Å². The Bertz CT molecular complexity index is 1350. The van der Waals surface area contributed by atoms with Gasteiger partial charge in [-0.1, -0.05) is 42.5 Å². The smallest absolute Gasteiger partial charge is 0.207 e. The molecule has 7 nitrogen and oxygen atoms in total. The summed E-state index contributed by atoms with van der Waals surface area (Å²) in [5.74, 6) is 0. The van der Waals surface area contributed by atoms with Gasteiger partial charge in [0.1, 0.15) is 6.07 Å². The normalized spacial score (nSPS) is 16.4. The van der Waals surface area contributed by atoms with Crippen LogP contribution in [0, 0.1) is 11.3 Å². The first kappa shape index (κ1) is 20.5. The van der Waals surface area contributed by atoms with Crippen LogP contribution < -0.4 is 0 Å². The van der Waals surface area contributed by atoms with Crippen LogP contribution >= 0.6 is 0 Å². The zero-order valence-corrected chi connectivity index (χ0v) is 17.6. The molecule has 3 aromatic carbocycles. The topological polar surface area (TPSA) is 98.5 Å². The molecule has 9 heteroatoms. The third kappa shape index (κ3) is 3.59. The molecule has 0 spiro atoms. The van der Waals surface area contributed by atoms with Crippen molar-refractivity contribution in [3.63, 3.8) is 0 Å². The Morgan fingerprint density at radius 1 is 0.700 bits per heavy atom. The van der Waals surface area contributed by atoms with Gasteiger partial charge < -0.3 is 0 Å². The first-order valence-electron chi connectivity index (χ1n) is 9.32. The van der Waals surface area contributed by atoms with Crippen molar-refractivity contribution < 1.29 is 16.8 Å². The Hall–Kier alpha value is -2.77. The van der Waals surface area contributed by atoms with Crippen molar-refractivity contribution in [3.8, 4) is 6.07 Å². The molecule has 0 unspecified atom stereocenters. The molecule has 0 radical (unpaired) electrons. The first-order valence-corrected chi connectivity index (χ1v) is 12.2. The van der Waals surface area contributed by atoms with Crippen LogP contribution in [0.25, 0.3) is 10.8 Å². The Kier molecular flexibility index (Phi) is 5.34. The lowest BCUT2D eigenvalue weighted by Crippen LogP contribution is -2.50. The summed E-state index contributed by atoms with van der Waals surface area (Å²) >= 11 is 0. The van der Waals surface area contributed by atoms with Crippen LogP contribution in [0.4, 0.5) is 0 Å². The van der Waals surface area contributed by atoms with Gasteiger partial charge in [0.25, 0.3) is 0 Å². The molecule has 3 aromatic rings. The van der Waals surface area contributed by atoms with E-state index < -0.39 is 20.0 Å². The fourth-order valence-electron chi connectivity index (χ4n) is 3.55. The molecule has 0 aliphatic carbocycles. The number of nitrogens with zero attached hydrogens (tertiary/aromatic N) is 3. The van der Waals surface area contributed by atoms with Crippen molar-refractivity contribution in [2.75, 3.05) is 26.2 Å². The average Bonchev–Trinajstić information content (AvgIpc) is 2.78. The highest BCUT2D eigenvalue weighted by molar-refractivity contribution is 7.89. The van der Waals surface area contributed by atoms with Gasteiger partial charge in [0.15, 0.2) is 0 Å². The molecule has 30 heavy (non-hydrogen) atoms. The number of sulfonamides is 2. The second-order valence-corrected chi connectivity index (χ2v) is 10.8. The number of piperazine rings is 1. The molecule has 0 N–H and O–H groups in total. The molecule has 154 valence electrons. The number of hydrogen-bond donors (Lipinski definition) is 0. The maximum absolute atomic E-state index is 13.1. The minimum Gasteiger partial charge on any atom is -0.207 e. The molecular formula is C21H19N3O4S2. The Morgan fingerprint density at radius 2 is 1.27 bits per heavy atom. The number of hydrogen-bond acceptors (Lipinski definition) is 5. The summed E-state index contributed by atoms with van der Waals surface area (Å²) in [6, 6.07) is 20.4. The molecule has 1 saturated heterocycles. The van der Waals surface area contributed by atoms with Gasteiger partial charge in [-0.3, -0.25) is 0 Å². The second-order valence-electron chi connectivity index (χ2n) is 6.93. The average molecular weight is 442 g/mol. The van der Waals surface area contributed by atoms with Crippen LogP contribution in [0.5, 0.6) is 0 Å². The zero-order chi connectivity index (χ0) is 21.4. The summed E-state index contributed by atoms with van der Waals surface area (Å²) in [4.78, 5) is 0.130. The van der Waals surface area contributed by atoms with Crippen LogP contribution in [0.2, 0.25) is 0 Å². The van der Waals surface area contributed by atoms with Gasteiger partial charge in [-0.2, -0.15) is 13.9 Å². The van der Waals surface area contributed by atoms with E-state index >= 15 is 0 Å². The maximum Gasteiger partial charge on any atom is 0.244 e. The first-order chi connectivity index (χ1) is 14.3. The third-order valence-corrected chi connectivity index (χ3v) is 9.03. The van der Waals surface area contributed by atoms with E-state index in [0.717, 1.165) is 10.8 Å². The SMILES string of the molecule is N#Cc1ccccc1S(=O)(=O)N1CCN(S(=O)(=O)c2ccc3ccccc3c2)CC1. The van der Waals surface area contributed by atoms with Gasteiger partial charge in [-0.15, -0.1) is 0 Å². The summed E-state index contributed by atoms with van der Waals surface area (Å²) in [6.07, 6.45) is 0. The van der Waals surface area contributed by atoms with Gasteiger partial charge in [-0.05, 0) is 35.0 Å². The lowest BCUT2D eigenvalue weighted by atomic mass is 10.1. The monoisotopic (exact) mass is 441 g/mol. The fourth-order valence-corrected chi connectivity index (χ4v) is 6.57. The van der Waals surface area contributed by atoms with Gasteiger partial charge in [-0.25, -0.2) is 16.8 Å². The number of benzene rings is 3. The number of fused-ring (bicyclic) bond motifs is 1. The Balaban J connectivity index is 1.55. The molecule has 1 fully saturated rings. The van der Waals surface area contributed by atoms with Crippen LogP contribution in [0.3, 0.4) is 0 Å². The zero-order valence-electron chi connectivity index (χ0n) is 16.0. The van der Waals surface area contributed by atoms with Gasteiger partial charge in [0.05, 0.1) is 15.4 Å². The largest absolute Gasteiger partial charge is 0.244 e. The van der Waals surface area contributed by atoms with Crippen molar-refractivity contribution in [3.05, 3.63) is 72.3 Å². The summed E-state index contributed by atoms with van der Waals surface area (Å²) in [6.45, 7) is 0.135.